The second-order valence-corrected chi connectivity index (χ2v) is 12.8. The Balaban J connectivity index is 1.19. The molecule has 0 saturated carbocycles. The maximum Gasteiger partial charge on any atom is 0.407 e. The van der Waals surface area contributed by atoms with Gasteiger partial charge in [0.15, 0.2) is 0 Å². The lowest BCUT2D eigenvalue weighted by molar-refractivity contribution is -0.0527. The molecule has 2 N–H and O–H groups in total. The molecule has 3 rings (SSSR count). The summed E-state index contributed by atoms with van der Waals surface area (Å²) >= 11 is 0. The quantitative estimate of drug-likeness (QED) is 0.106. The summed E-state index contributed by atoms with van der Waals surface area (Å²) in [6, 6.07) is 15.9. The van der Waals surface area contributed by atoms with Crippen LogP contribution < -0.4 is 10.6 Å². The van der Waals surface area contributed by atoms with Gasteiger partial charge in [0, 0.05) is 31.4 Å². The number of alkyl carbamates (subject to hydrolysis) is 2. The number of unbranched alkanes of at least 4 members (excludes halogenated alkanes) is 15. The van der Waals surface area contributed by atoms with Crippen LogP contribution in [0.25, 0.3) is 0 Å². The summed E-state index contributed by atoms with van der Waals surface area (Å²) in [6.07, 6.45) is 23.0. The summed E-state index contributed by atoms with van der Waals surface area (Å²) in [4.78, 5) is 31.1. The zero-order valence-electron chi connectivity index (χ0n) is 28.4. The van der Waals surface area contributed by atoms with E-state index in [1.54, 1.807) is 6.20 Å². The largest absolute Gasteiger partial charge is 0.448 e. The second-order valence-electron chi connectivity index (χ2n) is 12.8. The summed E-state index contributed by atoms with van der Waals surface area (Å²) in [5, 5.41) is 5.67. The molecule has 0 radical (unpaired) electrons. The third-order valence-electron chi connectivity index (χ3n) is 8.94. The topological polar surface area (TPSA) is 92.8 Å². The number of benzene rings is 1. The predicted octanol–water partition coefficient (Wildman–Crippen LogP) is 8.94. The van der Waals surface area contributed by atoms with E-state index in [1.807, 2.05) is 36.4 Å². The zero-order chi connectivity index (χ0) is 32.5. The minimum atomic E-state index is -0.460. The van der Waals surface area contributed by atoms with Crippen molar-refractivity contribution in [3.63, 3.8) is 0 Å². The number of ether oxygens (including phenoxy) is 2. The molecule has 1 aromatic heterocycles. The number of amides is 2. The van der Waals surface area contributed by atoms with E-state index < -0.39 is 6.09 Å². The summed E-state index contributed by atoms with van der Waals surface area (Å²) in [6.45, 7) is 4.56. The molecule has 1 aromatic carbocycles. The molecule has 0 spiro atoms. The van der Waals surface area contributed by atoms with Gasteiger partial charge >= 0.3 is 12.2 Å². The van der Waals surface area contributed by atoms with E-state index in [-0.39, 0.29) is 24.8 Å². The van der Waals surface area contributed by atoms with Crippen LogP contribution in [0.3, 0.4) is 0 Å². The van der Waals surface area contributed by atoms with Gasteiger partial charge in [0.05, 0.1) is 12.2 Å². The Morgan fingerprint density at radius 2 is 1.22 bits per heavy atom. The Labute approximate surface area is 278 Å². The van der Waals surface area contributed by atoms with Gasteiger partial charge in [0.25, 0.3) is 0 Å². The molecule has 2 unspecified atom stereocenters. The van der Waals surface area contributed by atoms with E-state index in [2.05, 4.69) is 39.6 Å². The van der Waals surface area contributed by atoms with Crippen molar-refractivity contribution < 1.29 is 19.1 Å². The van der Waals surface area contributed by atoms with Crippen molar-refractivity contribution in [2.45, 2.75) is 141 Å². The average molecular weight is 637 g/mol. The number of nitrogens with zero attached hydrogens (tertiary/aromatic N) is 2. The smallest absolute Gasteiger partial charge is 0.407 e. The number of nitrogens with one attached hydrogen (secondary N) is 2. The molecule has 2 heterocycles. The molecule has 1 aliphatic heterocycles. The third-order valence-corrected chi connectivity index (χ3v) is 8.94. The SMILES string of the molecule is CCCCCCCCCCCCCCCCCCNC(=O)OCC1CC(COC(=O)NCc2ccccn2)N1Cc1ccccc1. The van der Waals surface area contributed by atoms with Crippen LogP contribution in [0.2, 0.25) is 0 Å². The van der Waals surface area contributed by atoms with Crippen molar-refractivity contribution >= 4 is 12.2 Å². The number of carbonyl (C=O) groups excluding carboxylic acids is 2. The van der Waals surface area contributed by atoms with Gasteiger partial charge in [-0.3, -0.25) is 9.88 Å². The maximum absolute atomic E-state index is 12.4. The Kier molecular flexibility index (Phi) is 19.6. The fourth-order valence-corrected chi connectivity index (χ4v) is 6.10. The molecule has 8 heteroatoms. The molecule has 0 aliphatic carbocycles. The Hall–Kier alpha value is -3.13. The molecule has 1 fully saturated rings. The molecule has 1 saturated heterocycles. The number of hydrogen-bond acceptors (Lipinski definition) is 6. The fraction of sp³-hybridized carbons (Fsp3) is 0.658. The maximum atomic E-state index is 12.4. The van der Waals surface area contributed by atoms with Crippen molar-refractivity contribution in [2.24, 2.45) is 0 Å². The number of likely N-dealkylation sites (tertiary alicyclic amines) is 1. The summed E-state index contributed by atoms with van der Waals surface area (Å²) in [5.41, 5.74) is 1.95. The van der Waals surface area contributed by atoms with E-state index in [9.17, 15) is 9.59 Å². The minimum Gasteiger partial charge on any atom is -0.448 e. The van der Waals surface area contributed by atoms with Gasteiger partial charge < -0.3 is 20.1 Å². The van der Waals surface area contributed by atoms with Gasteiger partial charge in [0.2, 0.25) is 0 Å². The third kappa shape index (κ3) is 16.4. The van der Waals surface area contributed by atoms with Crippen LogP contribution in [0.4, 0.5) is 9.59 Å². The van der Waals surface area contributed by atoms with Crippen molar-refractivity contribution in [2.75, 3.05) is 19.8 Å². The lowest BCUT2D eigenvalue weighted by Gasteiger charge is -2.47. The number of carbonyl (C=O) groups is 2. The molecule has 46 heavy (non-hydrogen) atoms. The summed E-state index contributed by atoms with van der Waals surface area (Å²) in [5.74, 6) is 0. The number of rotatable bonds is 25. The second kappa shape index (κ2) is 24.1. The van der Waals surface area contributed by atoms with Crippen molar-refractivity contribution in [3.05, 3.63) is 66.0 Å². The van der Waals surface area contributed by atoms with E-state index >= 15 is 0 Å². The van der Waals surface area contributed by atoms with Gasteiger partial charge in [0.1, 0.15) is 13.2 Å². The summed E-state index contributed by atoms with van der Waals surface area (Å²) < 4.78 is 11.1. The molecule has 8 nitrogen and oxygen atoms in total. The fourth-order valence-electron chi connectivity index (χ4n) is 6.10. The van der Waals surface area contributed by atoms with E-state index in [0.29, 0.717) is 26.2 Å². The first kappa shape index (κ1) is 37.3. The van der Waals surface area contributed by atoms with Crippen molar-refractivity contribution in [3.8, 4) is 0 Å². The molecular weight excluding hydrogens is 576 g/mol. The highest BCUT2D eigenvalue weighted by Gasteiger charge is 2.39. The van der Waals surface area contributed by atoms with E-state index in [0.717, 1.165) is 25.0 Å². The Morgan fingerprint density at radius 3 is 1.76 bits per heavy atom. The lowest BCUT2D eigenvalue weighted by atomic mass is 9.93. The van der Waals surface area contributed by atoms with Crippen LogP contribution in [-0.4, -0.2) is 53.9 Å². The van der Waals surface area contributed by atoms with Crippen LogP contribution in [0.5, 0.6) is 0 Å². The number of pyridine rings is 1. The minimum absolute atomic E-state index is 0.0718. The van der Waals surface area contributed by atoms with Gasteiger partial charge in [-0.1, -0.05) is 140 Å². The van der Waals surface area contributed by atoms with Gasteiger partial charge in [-0.25, -0.2) is 9.59 Å². The Bertz CT molecular complexity index is 1060. The zero-order valence-corrected chi connectivity index (χ0v) is 28.4. The van der Waals surface area contributed by atoms with Crippen LogP contribution in [-0.2, 0) is 22.6 Å². The van der Waals surface area contributed by atoms with Crippen LogP contribution in [0, 0.1) is 0 Å². The first-order chi connectivity index (χ1) is 22.7. The highest BCUT2D eigenvalue weighted by atomic mass is 16.6. The molecule has 256 valence electrons. The molecular formula is C38H60N4O4. The van der Waals surface area contributed by atoms with Crippen molar-refractivity contribution in [1.29, 1.82) is 0 Å². The standard InChI is InChI=1S/C38H60N4O4/c1-2-3-4-5-6-7-8-9-10-11-12-13-14-15-16-21-27-40-37(43)45-31-35-28-36(42(35)30-33-23-18-17-19-24-33)32-46-38(44)41-29-34-25-20-22-26-39-34/h17-20,22-26,35-36H,2-16,21,27-32H2,1H3,(H,40,43)(H,41,44). The van der Waals surface area contributed by atoms with Gasteiger partial charge in [-0.05, 0) is 30.5 Å². The highest BCUT2D eigenvalue weighted by Crippen LogP contribution is 2.29. The first-order valence-corrected chi connectivity index (χ1v) is 18.2. The first-order valence-electron chi connectivity index (χ1n) is 18.2. The normalized spacial score (nSPS) is 16.0. The van der Waals surface area contributed by atoms with Crippen LogP contribution in [0.15, 0.2) is 54.7 Å². The molecule has 2 atom stereocenters. The van der Waals surface area contributed by atoms with Gasteiger partial charge in [-0.2, -0.15) is 0 Å². The van der Waals surface area contributed by atoms with Crippen molar-refractivity contribution in [1.82, 2.24) is 20.5 Å². The highest BCUT2D eigenvalue weighted by molar-refractivity contribution is 5.67. The van der Waals surface area contributed by atoms with E-state index in [4.69, 9.17) is 9.47 Å². The monoisotopic (exact) mass is 636 g/mol. The molecule has 0 bridgehead atoms. The average Bonchev–Trinajstić information content (AvgIpc) is 3.08. The Morgan fingerprint density at radius 1 is 0.696 bits per heavy atom. The van der Waals surface area contributed by atoms with Crippen LogP contribution >= 0.6 is 0 Å². The van der Waals surface area contributed by atoms with Gasteiger partial charge in [-0.15, -0.1) is 0 Å². The lowest BCUT2D eigenvalue weighted by Crippen LogP contribution is -2.59. The predicted molar refractivity (Wildman–Crippen MR) is 185 cm³/mol. The van der Waals surface area contributed by atoms with E-state index in [1.165, 1.54) is 95.5 Å². The molecule has 2 amide bonds. The molecule has 1 aliphatic rings. The number of aromatic nitrogens is 1. The van der Waals surface area contributed by atoms with Crippen LogP contribution in [0.1, 0.15) is 127 Å². The summed E-state index contributed by atoms with van der Waals surface area (Å²) in [7, 11) is 0. The number of hydrogen-bond donors (Lipinski definition) is 2. The molecule has 2 aromatic rings.